The molecule has 4 aromatic rings. The summed E-state index contributed by atoms with van der Waals surface area (Å²) in [6.07, 6.45) is 5.48. The van der Waals surface area contributed by atoms with Crippen LogP contribution < -0.4 is 20.0 Å². The predicted octanol–water partition coefficient (Wildman–Crippen LogP) is 5.67. The molecule has 1 aliphatic rings. The first-order chi connectivity index (χ1) is 21.5. The Morgan fingerprint density at radius 2 is 1.61 bits per heavy atom. The van der Waals surface area contributed by atoms with E-state index >= 15 is 0 Å². The maximum atomic E-state index is 12.6. The van der Waals surface area contributed by atoms with Crippen LogP contribution in [0.25, 0.3) is 21.0 Å². The van der Waals surface area contributed by atoms with Gasteiger partial charge in [0.1, 0.15) is 5.75 Å². The van der Waals surface area contributed by atoms with Crippen molar-refractivity contribution in [3.8, 4) is 5.75 Å². The van der Waals surface area contributed by atoms with Crippen LogP contribution in [0.5, 0.6) is 5.75 Å². The van der Waals surface area contributed by atoms with E-state index in [1.165, 1.54) is 28.9 Å². The minimum atomic E-state index is -0.469. The fourth-order valence-electron chi connectivity index (χ4n) is 5.61. The lowest BCUT2D eigenvalue weighted by Crippen LogP contribution is -2.46. The molecule has 10 heteroatoms. The van der Waals surface area contributed by atoms with Gasteiger partial charge in [-0.3, -0.25) is 14.5 Å². The molecule has 44 heavy (non-hydrogen) atoms. The summed E-state index contributed by atoms with van der Waals surface area (Å²) in [6, 6.07) is 17.4. The van der Waals surface area contributed by atoms with E-state index in [4.69, 9.17) is 9.57 Å². The molecular formula is C34H41N3O6S. The van der Waals surface area contributed by atoms with Gasteiger partial charge in [0.05, 0.1) is 19.2 Å². The van der Waals surface area contributed by atoms with E-state index in [9.17, 15) is 14.4 Å². The Labute approximate surface area is 261 Å². The van der Waals surface area contributed by atoms with Crippen LogP contribution in [-0.4, -0.2) is 68.0 Å². The van der Waals surface area contributed by atoms with E-state index in [0.717, 1.165) is 74.9 Å². The van der Waals surface area contributed by atoms with Crippen LogP contribution in [0.1, 0.15) is 51.4 Å². The van der Waals surface area contributed by atoms with Crippen molar-refractivity contribution in [3.05, 3.63) is 70.3 Å². The van der Waals surface area contributed by atoms with Crippen LogP contribution in [0.3, 0.4) is 0 Å². The normalized spacial score (nSPS) is 13.8. The summed E-state index contributed by atoms with van der Waals surface area (Å²) in [4.78, 5) is 46.8. The van der Waals surface area contributed by atoms with Gasteiger partial charge in [0, 0.05) is 72.3 Å². The summed E-state index contributed by atoms with van der Waals surface area (Å²) >= 11 is 1.80. The second kappa shape index (κ2) is 15.7. The minimum Gasteiger partial charge on any atom is -0.494 e. The molecule has 1 fully saturated rings. The number of thiophene rings is 1. The first-order valence-electron chi connectivity index (χ1n) is 15.5. The maximum absolute atomic E-state index is 12.6. The number of fused-ring (bicyclic) bond motifs is 2. The van der Waals surface area contributed by atoms with Crippen molar-refractivity contribution >= 4 is 50.0 Å². The molecule has 0 amide bonds. The Kier molecular flexibility index (Phi) is 11.3. The Morgan fingerprint density at radius 3 is 2.41 bits per heavy atom. The van der Waals surface area contributed by atoms with Gasteiger partial charge >= 0.3 is 11.9 Å². The molecule has 0 bridgehead atoms. The Morgan fingerprint density at radius 1 is 0.841 bits per heavy atom. The third-order valence-electron chi connectivity index (χ3n) is 8.08. The predicted molar refractivity (Wildman–Crippen MR) is 175 cm³/mol. The molecule has 2 aromatic carbocycles. The SMILES string of the molecule is COC(=O)CCCCCCC(=O)On1c(=O)ccc2ccc(OCCCCN3CCN(c4cccc5sccc45)CC3)cc21. The van der Waals surface area contributed by atoms with Gasteiger partial charge in [-0.15, -0.1) is 16.1 Å². The molecule has 2 aromatic heterocycles. The fourth-order valence-corrected chi connectivity index (χ4v) is 6.41. The number of carbonyl (C=O) groups is 2. The van der Waals surface area contributed by atoms with Crippen molar-refractivity contribution < 1.29 is 23.9 Å². The van der Waals surface area contributed by atoms with E-state index in [2.05, 4.69) is 44.2 Å². The van der Waals surface area contributed by atoms with Crippen LogP contribution in [0.15, 0.2) is 64.8 Å². The van der Waals surface area contributed by atoms with E-state index in [1.54, 1.807) is 23.5 Å². The van der Waals surface area contributed by atoms with E-state index in [-0.39, 0.29) is 12.4 Å². The zero-order valence-electron chi connectivity index (χ0n) is 25.4. The largest absolute Gasteiger partial charge is 0.494 e. The number of aromatic nitrogens is 1. The quantitative estimate of drug-likeness (QED) is 0.124. The van der Waals surface area contributed by atoms with Crippen LogP contribution in [0, 0.1) is 0 Å². The molecule has 1 aliphatic heterocycles. The van der Waals surface area contributed by atoms with Gasteiger partial charge in [-0.1, -0.05) is 18.9 Å². The monoisotopic (exact) mass is 619 g/mol. The van der Waals surface area contributed by atoms with Gasteiger partial charge in [-0.05, 0) is 74.0 Å². The number of pyridine rings is 1. The Bertz CT molecular complexity index is 1610. The summed E-state index contributed by atoms with van der Waals surface area (Å²) in [5.74, 6) is -0.0608. The molecule has 1 saturated heterocycles. The van der Waals surface area contributed by atoms with Crippen molar-refractivity contribution in [3.63, 3.8) is 0 Å². The van der Waals surface area contributed by atoms with Gasteiger partial charge in [-0.2, -0.15) is 0 Å². The van der Waals surface area contributed by atoms with E-state index in [0.29, 0.717) is 30.7 Å². The number of piperazine rings is 1. The van der Waals surface area contributed by atoms with Crippen molar-refractivity contribution in [2.45, 2.75) is 51.4 Å². The number of carbonyl (C=O) groups excluding carboxylic acids is 2. The molecule has 0 atom stereocenters. The van der Waals surface area contributed by atoms with Crippen molar-refractivity contribution in [1.29, 1.82) is 0 Å². The third-order valence-corrected chi connectivity index (χ3v) is 8.96. The molecule has 0 N–H and O–H groups in total. The van der Waals surface area contributed by atoms with Crippen molar-refractivity contribution in [1.82, 2.24) is 9.63 Å². The van der Waals surface area contributed by atoms with Crippen LogP contribution in [0.4, 0.5) is 5.69 Å². The number of methoxy groups -OCH3 is 1. The van der Waals surface area contributed by atoms with Crippen LogP contribution in [-0.2, 0) is 14.3 Å². The van der Waals surface area contributed by atoms with E-state index < -0.39 is 11.5 Å². The van der Waals surface area contributed by atoms with Gasteiger partial charge in [0.25, 0.3) is 5.56 Å². The zero-order valence-corrected chi connectivity index (χ0v) is 26.2. The molecule has 3 heterocycles. The first-order valence-corrected chi connectivity index (χ1v) is 16.4. The zero-order chi connectivity index (χ0) is 30.7. The number of ether oxygens (including phenoxy) is 2. The summed E-state index contributed by atoms with van der Waals surface area (Å²) < 4.78 is 13.1. The summed E-state index contributed by atoms with van der Waals surface area (Å²) in [5.41, 5.74) is 1.43. The number of hydrogen-bond acceptors (Lipinski definition) is 9. The fraction of sp³-hybridized carbons (Fsp3) is 0.441. The van der Waals surface area contributed by atoms with Crippen LogP contribution in [0.2, 0.25) is 0 Å². The molecule has 9 nitrogen and oxygen atoms in total. The molecule has 0 saturated carbocycles. The maximum Gasteiger partial charge on any atom is 0.333 e. The highest BCUT2D eigenvalue weighted by atomic mass is 32.1. The number of esters is 1. The lowest BCUT2D eigenvalue weighted by Gasteiger charge is -2.36. The van der Waals surface area contributed by atoms with Gasteiger partial charge in [0.15, 0.2) is 0 Å². The number of unbranched alkanes of at least 4 members (excludes halogenated alkanes) is 4. The molecule has 0 spiro atoms. The summed E-state index contributed by atoms with van der Waals surface area (Å²) in [5, 5.41) is 4.30. The Balaban J connectivity index is 1.04. The van der Waals surface area contributed by atoms with Gasteiger partial charge in [0.2, 0.25) is 0 Å². The number of hydrogen-bond donors (Lipinski definition) is 0. The number of rotatable bonds is 15. The smallest absolute Gasteiger partial charge is 0.333 e. The highest BCUT2D eigenvalue weighted by molar-refractivity contribution is 7.17. The van der Waals surface area contributed by atoms with Gasteiger partial charge in [-0.25, -0.2) is 4.79 Å². The minimum absolute atomic E-state index is 0.191. The van der Waals surface area contributed by atoms with Gasteiger partial charge < -0.3 is 19.2 Å². The number of benzene rings is 2. The molecule has 5 rings (SSSR count). The molecule has 0 radical (unpaired) electrons. The second-order valence-corrected chi connectivity index (χ2v) is 12.1. The number of anilines is 1. The summed E-state index contributed by atoms with van der Waals surface area (Å²) in [6.45, 7) is 5.78. The Hall–Kier alpha value is -3.89. The summed E-state index contributed by atoms with van der Waals surface area (Å²) in [7, 11) is 1.38. The molecule has 0 unspecified atom stereocenters. The van der Waals surface area contributed by atoms with Crippen LogP contribution >= 0.6 is 11.3 Å². The first kappa shape index (κ1) is 31.5. The lowest BCUT2D eigenvalue weighted by molar-refractivity contribution is -0.144. The molecule has 0 aliphatic carbocycles. The standard InChI is InChI=1S/C34H41N3O6S/c1-41-33(39)11-4-2-3-5-12-34(40)43-37-30-25-27(15-13-26(30)14-16-32(37)38)42-23-7-6-18-35-19-21-36(22-20-35)29-9-8-10-31-28(29)17-24-44-31/h8-10,13-17,24-25H,2-7,11-12,18-23H2,1H3. The van der Waals surface area contributed by atoms with Crippen molar-refractivity contribution in [2.75, 3.05) is 51.3 Å². The van der Waals surface area contributed by atoms with E-state index in [1.807, 2.05) is 12.1 Å². The topological polar surface area (TPSA) is 90.3 Å². The highest BCUT2D eigenvalue weighted by Crippen LogP contribution is 2.31. The average molecular weight is 620 g/mol. The number of nitrogens with zero attached hydrogens (tertiary/aromatic N) is 3. The average Bonchev–Trinajstić information content (AvgIpc) is 3.53. The molecular weight excluding hydrogens is 578 g/mol. The second-order valence-electron chi connectivity index (χ2n) is 11.1. The third kappa shape index (κ3) is 8.39. The highest BCUT2D eigenvalue weighted by Gasteiger charge is 2.18. The lowest BCUT2D eigenvalue weighted by atomic mass is 10.1. The van der Waals surface area contributed by atoms with Crippen molar-refractivity contribution in [2.24, 2.45) is 0 Å². The molecule has 234 valence electrons.